The van der Waals surface area contributed by atoms with Crippen LogP contribution in [0.5, 0.6) is 0 Å². The third-order valence-corrected chi connectivity index (χ3v) is 15.6. The van der Waals surface area contributed by atoms with Gasteiger partial charge in [-0.1, -0.05) is 117 Å². The number of nitrogens with zero attached hydrogens (tertiary/aromatic N) is 3. The maximum Gasteiger partial charge on any atom is 0.215 e. The Bertz CT molecular complexity index is 2800. The Morgan fingerprint density at radius 2 is 0.983 bits per heavy atom. The summed E-state index contributed by atoms with van der Waals surface area (Å²) in [5.41, 5.74) is 16.6. The molecule has 0 atom stereocenters. The second-order valence-corrected chi connectivity index (χ2v) is 19.6. The van der Waals surface area contributed by atoms with Gasteiger partial charge in [-0.15, -0.1) is 55.5 Å². The van der Waals surface area contributed by atoms with Crippen molar-refractivity contribution in [3.8, 4) is 63.2 Å². The Morgan fingerprint density at radius 3 is 1.52 bits per heavy atom. The van der Waals surface area contributed by atoms with E-state index in [0.29, 0.717) is 0 Å². The normalized spacial score (nSPS) is 11.4. The highest BCUT2D eigenvalue weighted by Crippen LogP contribution is 2.40. The highest BCUT2D eigenvalue weighted by Gasteiger charge is 2.29. The van der Waals surface area contributed by atoms with Gasteiger partial charge in [-0.2, -0.15) is 0 Å². The fourth-order valence-electron chi connectivity index (χ4n) is 8.90. The molecule has 286 valence electrons. The van der Waals surface area contributed by atoms with Crippen LogP contribution in [-0.2, 0) is 13.4 Å². The van der Waals surface area contributed by atoms with Crippen molar-refractivity contribution in [1.82, 2.24) is 14.8 Å². The summed E-state index contributed by atoms with van der Waals surface area (Å²) < 4.78 is 2.18. The number of hydrogen-bond donors (Lipinski definition) is 0. The fourth-order valence-corrected chi connectivity index (χ4v) is 12.6. The van der Waals surface area contributed by atoms with Crippen LogP contribution >= 0.6 is 45.3 Å². The van der Waals surface area contributed by atoms with Gasteiger partial charge in [0.2, 0.25) is 6.71 Å². The van der Waals surface area contributed by atoms with Gasteiger partial charge < -0.3 is 4.57 Å². The van der Waals surface area contributed by atoms with Crippen LogP contribution in [0.1, 0.15) is 38.9 Å². The molecule has 9 aromatic rings. The van der Waals surface area contributed by atoms with Crippen LogP contribution in [0.2, 0.25) is 0 Å². The molecule has 0 bridgehead atoms. The molecular weight excluding hydrogens is 782 g/mol. The molecule has 0 spiro atoms. The lowest BCUT2D eigenvalue weighted by Gasteiger charge is -2.25. The van der Waals surface area contributed by atoms with E-state index in [4.69, 9.17) is 10.2 Å². The van der Waals surface area contributed by atoms with Gasteiger partial charge in [0.05, 0.1) is 0 Å². The number of thiophene rings is 4. The highest BCUT2D eigenvalue weighted by atomic mass is 32.1. The van der Waals surface area contributed by atoms with Crippen LogP contribution in [-0.4, -0.2) is 21.5 Å². The van der Waals surface area contributed by atoms with E-state index in [-0.39, 0.29) is 6.71 Å². The minimum atomic E-state index is 0.148. The van der Waals surface area contributed by atoms with Crippen molar-refractivity contribution in [2.45, 2.75) is 47.9 Å². The van der Waals surface area contributed by atoms with Crippen LogP contribution < -0.4 is 10.9 Å². The average Bonchev–Trinajstić information content (AvgIpc) is 4.05. The lowest BCUT2D eigenvalue weighted by atomic mass is 9.35. The first-order valence-corrected chi connectivity index (χ1v) is 23.1. The van der Waals surface area contributed by atoms with Crippen LogP contribution in [0.25, 0.3) is 63.2 Å². The lowest BCUT2D eigenvalue weighted by Crippen LogP contribution is -2.49. The molecule has 0 radical (unpaired) electrons. The average molecular weight is 826 g/mol. The number of rotatable bonds is 10. The molecule has 0 N–H and O–H groups in total. The molecule has 5 aromatic heterocycles. The van der Waals surface area contributed by atoms with Gasteiger partial charge in [0, 0.05) is 47.4 Å². The molecule has 0 aliphatic rings. The molecule has 0 saturated heterocycles. The molecule has 9 rings (SSSR count). The molecule has 0 aliphatic carbocycles. The zero-order valence-corrected chi connectivity index (χ0v) is 37.1. The molecule has 3 nitrogen and oxygen atoms in total. The van der Waals surface area contributed by atoms with Crippen molar-refractivity contribution < 1.29 is 0 Å². The van der Waals surface area contributed by atoms with E-state index >= 15 is 0 Å². The zero-order chi connectivity index (χ0) is 40.1. The van der Waals surface area contributed by atoms with Crippen molar-refractivity contribution in [2.24, 2.45) is 7.05 Å². The molecule has 0 saturated carbocycles. The molecular formula is C50H44BN3S4. The van der Waals surface area contributed by atoms with Gasteiger partial charge >= 0.3 is 0 Å². The van der Waals surface area contributed by atoms with Crippen LogP contribution in [0.3, 0.4) is 0 Å². The molecule has 8 heteroatoms. The van der Waals surface area contributed by atoms with Gasteiger partial charge in [0.25, 0.3) is 0 Å². The zero-order valence-electron chi connectivity index (χ0n) is 33.9. The lowest BCUT2D eigenvalue weighted by molar-refractivity contribution is 0.928. The van der Waals surface area contributed by atoms with Crippen LogP contribution in [0.4, 0.5) is 0 Å². The Kier molecular flexibility index (Phi) is 10.5. The standard InChI is InChI=1S/C50H44BN3S4/c1-30-23-32(3)47(33(4)24-30)51(48-34(5)25-31(2)26-35(48)6)29-39-28-37(42-18-20-46(58-42)44-14-10-22-56-44)15-16-40(39)50-53-52-49(54(50)7)38-12-8-11-36(27-38)41-17-19-45(57-41)43-13-9-21-55-43/h8-28H,29H2,1-7H3. The van der Waals surface area contributed by atoms with E-state index in [9.17, 15) is 0 Å². The van der Waals surface area contributed by atoms with Gasteiger partial charge in [-0.25, -0.2) is 0 Å². The first kappa shape index (κ1) is 38.4. The summed E-state index contributed by atoms with van der Waals surface area (Å²) in [7, 11) is 2.11. The molecule has 5 heterocycles. The van der Waals surface area contributed by atoms with Crippen molar-refractivity contribution >= 4 is 63.0 Å². The Labute approximate surface area is 358 Å². The summed E-state index contributed by atoms with van der Waals surface area (Å²) in [6, 6.07) is 42.8. The monoisotopic (exact) mass is 825 g/mol. The van der Waals surface area contributed by atoms with E-state index in [0.717, 1.165) is 29.1 Å². The van der Waals surface area contributed by atoms with Gasteiger partial charge in [-0.3, -0.25) is 0 Å². The van der Waals surface area contributed by atoms with Crippen molar-refractivity contribution in [3.63, 3.8) is 0 Å². The van der Waals surface area contributed by atoms with E-state index < -0.39 is 0 Å². The molecule has 0 amide bonds. The van der Waals surface area contributed by atoms with Gasteiger partial charge in [0.1, 0.15) is 0 Å². The van der Waals surface area contributed by atoms with Gasteiger partial charge in [-0.05, 0) is 118 Å². The molecule has 0 fully saturated rings. The molecule has 4 aromatic carbocycles. The third-order valence-electron chi connectivity index (χ3n) is 11.2. The summed E-state index contributed by atoms with van der Waals surface area (Å²) in [4.78, 5) is 7.72. The van der Waals surface area contributed by atoms with Crippen molar-refractivity contribution in [1.29, 1.82) is 0 Å². The number of benzene rings is 4. The molecule has 0 unspecified atom stereocenters. The number of hydrogen-bond acceptors (Lipinski definition) is 6. The maximum absolute atomic E-state index is 4.97. The Hall–Kier alpha value is -5.12. The topological polar surface area (TPSA) is 30.7 Å². The maximum atomic E-state index is 4.97. The predicted octanol–water partition coefficient (Wildman–Crippen LogP) is 13.3. The minimum Gasteiger partial charge on any atom is -0.310 e. The SMILES string of the molecule is Cc1cc(C)c(B(Cc2cc(-c3ccc(-c4cccs4)s3)ccc2-c2nnc(-c3cccc(-c4ccc(-c5cccs5)s4)c3)n2C)c2c(C)cc(C)cc2C)c(C)c1. The van der Waals surface area contributed by atoms with Crippen molar-refractivity contribution in [2.75, 3.05) is 0 Å². The first-order valence-electron chi connectivity index (χ1n) is 19.7. The quantitative estimate of drug-likeness (QED) is 0.129. The Morgan fingerprint density at radius 1 is 0.483 bits per heavy atom. The van der Waals surface area contributed by atoms with Gasteiger partial charge in [0.15, 0.2) is 11.6 Å². The summed E-state index contributed by atoms with van der Waals surface area (Å²) in [5, 5.41) is 14.2. The summed E-state index contributed by atoms with van der Waals surface area (Å²) in [6.45, 7) is 13.7. The summed E-state index contributed by atoms with van der Waals surface area (Å²) in [6.07, 6.45) is 0.824. The molecule has 0 aliphatic heterocycles. The fraction of sp³-hybridized carbons (Fsp3) is 0.160. The second-order valence-electron chi connectivity index (χ2n) is 15.5. The highest BCUT2D eigenvalue weighted by molar-refractivity contribution is 7.23. The smallest absolute Gasteiger partial charge is 0.215 e. The second kappa shape index (κ2) is 15.9. The number of aromatic nitrogens is 3. The third kappa shape index (κ3) is 7.39. The Balaban J connectivity index is 1.17. The number of aryl methyl sites for hydroxylation is 6. The largest absolute Gasteiger partial charge is 0.310 e. The van der Waals surface area contributed by atoms with E-state index in [1.54, 1.807) is 22.7 Å². The van der Waals surface area contributed by atoms with E-state index in [2.05, 4.69) is 179 Å². The van der Waals surface area contributed by atoms with E-state index in [1.807, 2.05) is 22.7 Å². The summed E-state index contributed by atoms with van der Waals surface area (Å²) in [5.74, 6) is 1.73. The minimum absolute atomic E-state index is 0.148. The predicted molar refractivity (Wildman–Crippen MR) is 255 cm³/mol. The molecule has 58 heavy (non-hydrogen) atoms. The summed E-state index contributed by atoms with van der Waals surface area (Å²) >= 11 is 7.27. The van der Waals surface area contributed by atoms with Crippen molar-refractivity contribution in [3.05, 3.63) is 165 Å². The van der Waals surface area contributed by atoms with Crippen LogP contribution in [0, 0.1) is 41.5 Å². The van der Waals surface area contributed by atoms with Crippen LogP contribution in [0.15, 0.2) is 126 Å². The van der Waals surface area contributed by atoms with E-state index in [1.165, 1.54) is 90.3 Å². The first-order chi connectivity index (χ1) is 28.1.